The molecule has 4 aromatic rings. The third-order valence-corrected chi connectivity index (χ3v) is 4.34. The number of H-pyrrole nitrogens is 1. The first-order valence-corrected chi connectivity index (χ1v) is 8.14. The first kappa shape index (κ1) is 15.4. The fourth-order valence-electron chi connectivity index (χ4n) is 3.03. The summed E-state index contributed by atoms with van der Waals surface area (Å²) in [6, 6.07) is 13.4. The van der Waals surface area contributed by atoms with Crippen LogP contribution in [-0.4, -0.2) is 26.7 Å². The summed E-state index contributed by atoms with van der Waals surface area (Å²) in [5, 5.41) is 5.27. The molecule has 25 heavy (non-hydrogen) atoms. The van der Waals surface area contributed by atoms with Gasteiger partial charge in [0, 0.05) is 10.9 Å². The molecule has 0 spiro atoms. The number of nitrogens with zero attached hydrogens (tertiary/aromatic N) is 3. The lowest BCUT2D eigenvalue weighted by atomic mass is 10.0. The molecular weight excluding hydrogens is 316 g/mol. The van der Waals surface area contributed by atoms with Crippen molar-refractivity contribution in [3.63, 3.8) is 0 Å². The molecule has 0 saturated carbocycles. The van der Waals surface area contributed by atoms with E-state index in [-0.39, 0.29) is 5.69 Å². The van der Waals surface area contributed by atoms with Gasteiger partial charge in [0.15, 0.2) is 11.5 Å². The van der Waals surface area contributed by atoms with Gasteiger partial charge >= 0.3 is 5.69 Å². The Morgan fingerprint density at radius 1 is 1.12 bits per heavy atom. The van der Waals surface area contributed by atoms with E-state index in [0.717, 1.165) is 27.8 Å². The monoisotopic (exact) mass is 334 g/mol. The molecule has 0 amide bonds. The van der Waals surface area contributed by atoms with Crippen molar-refractivity contribution in [2.24, 2.45) is 0 Å². The molecule has 0 unspecified atom stereocenters. The van der Waals surface area contributed by atoms with E-state index in [9.17, 15) is 4.79 Å². The average Bonchev–Trinajstić information content (AvgIpc) is 3.07. The Morgan fingerprint density at radius 3 is 2.56 bits per heavy atom. The Hall–Kier alpha value is -3.15. The van der Waals surface area contributed by atoms with Crippen molar-refractivity contribution in [2.45, 2.75) is 19.8 Å². The lowest BCUT2D eigenvalue weighted by molar-refractivity contribution is 0.415. The number of aromatic nitrogens is 4. The van der Waals surface area contributed by atoms with Crippen molar-refractivity contribution in [1.29, 1.82) is 0 Å². The van der Waals surface area contributed by atoms with Crippen molar-refractivity contribution < 1.29 is 4.74 Å². The molecule has 0 fully saturated rings. The molecule has 1 N–H and O–H groups in total. The summed E-state index contributed by atoms with van der Waals surface area (Å²) in [6.07, 6.45) is 0. The fourth-order valence-corrected chi connectivity index (χ4v) is 3.03. The summed E-state index contributed by atoms with van der Waals surface area (Å²) < 4.78 is 6.50. The van der Waals surface area contributed by atoms with Gasteiger partial charge in [-0.2, -0.15) is 4.52 Å². The second-order valence-corrected chi connectivity index (χ2v) is 6.25. The Bertz CT molecular complexity index is 1120. The Labute approximate surface area is 144 Å². The first-order chi connectivity index (χ1) is 12.1. The third kappa shape index (κ3) is 2.46. The number of para-hydroxylation sites is 1. The number of hydrogen-bond acceptors (Lipinski definition) is 4. The summed E-state index contributed by atoms with van der Waals surface area (Å²) in [5.74, 6) is 1.57. The second kappa shape index (κ2) is 5.73. The molecule has 4 rings (SSSR count). The van der Waals surface area contributed by atoms with Gasteiger partial charge in [0.25, 0.3) is 0 Å². The standard InChI is InChI=1S/C19H18N4O2/c1-11(2)14-5-4-6-15-16(14)20-19(24)23-18(15)21-17(22-23)12-7-9-13(25-3)10-8-12/h4-11H,1-3H3,(H,20,24). The Balaban J connectivity index is 1.98. The highest BCUT2D eigenvalue weighted by Gasteiger charge is 2.15. The van der Waals surface area contributed by atoms with Crippen LogP contribution in [0.5, 0.6) is 5.75 Å². The van der Waals surface area contributed by atoms with Crippen LogP contribution in [0.3, 0.4) is 0 Å². The van der Waals surface area contributed by atoms with Gasteiger partial charge in [-0.15, -0.1) is 5.10 Å². The quantitative estimate of drug-likeness (QED) is 0.623. The minimum absolute atomic E-state index is 0.289. The van der Waals surface area contributed by atoms with E-state index in [4.69, 9.17) is 4.74 Å². The van der Waals surface area contributed by atoms with Crippen LogP contribution in [-0.2, 0) is 0 Å². The topological polar surface area (TPSA) is 72.3 Å². The zero-order valence-corrected chi connectivity index (χ0v) is 14.3. The van der Waals surface area contributed by atoms with Gasteiger partial charge in [-0.05, 0) is 41.8 Å². The van der Waals surface area contributed by atoms with Crippen LogP contribution in [0.2, 0.25) is 0 Å². The Morgan fingerprint density at radius 2 is 1.88 bits per heavy atom. The first-order valence-electron chi connectivity index (χ1n) is 8.14. The number of aromatic amines is 1. The van der Waals surface area contributed by atoms with Crippen LogP contribution < -0.4 is 10.4 Å². The summed E-state index contributed by atoms with van der Waals surface area (Å²) in [6.45, 7) is 4.20. The molecule has 2 aromatic heterocycles. The highest BCUT2D eigenvalue weighted by Crippen LogP contribution is 2.26. The van der Waals surface area contributed by atoms with Crippen molar-refractivity contribution in [2.75, 3.05) is 7.11 Å². The highest BCUT2D eigenvalue weighted by molar-refractivity contribution is 5.93. The maximum Gasteiger partial charge on any atom is 0.348 e. The number of hydrogen-bond donors (Lipinski definition) is 1. The molecule has 0 aliphatic rings. The minimum atomic E-state index is -0.289. The SMILES string of the molecule is COc1ccc(-c2nc3c4cccc(C(C)C)c4[nH]c(=O)n3n2)cc1. The van der Waals surface area contributed by atoms with E-state index in [1.54, 1.807) is 7.11 Å². The maximum absolute atomic E-state index is 12.5. The lowest BCUT2D eigenvalue weighted by Gasteiger charge is -2.09. The molecule has 0 aliphatic heterocycles. The van der Waals surface area contributed by atoms with Crippen molar-refractivity contribution >= 4 is 16.6 Å². The number of fused-ring (bicyclic) bond motifs is 3. The third-order valence-electron chi connectivity index (χ3n) is 4.34. The van der Waals surface area contributed by atoms with Gasteiger partial charge in [0.2, 0.25) is 0 Å². The van der Waals surface area contributed by atoms with Crippen molar-refractivity contribution in [1.82, 2.24) is 19.6 Å². The number of benzene rings is 2. The molecule has 2 heterocycles. The largest absolute Gasteiger partial charge is 0.497 e. The van der Waals surface area contributed by atoms with Gasteiger partial charge < -0.3 is 9.72 Å². The highest BCUT2D eigenvalue weighted by atomic mass is 16.5. The number of ether oxygens (including phenoxy) is 1. The second-order valence-electron chi connectivity index (χ2n) is 6.25. The predicted molar refractivity (Wildman–Crippen MR) is 97.2 cm³/mol. The molecule has 0 saturated heterocycles. The zero-order valence-electron chi connectivity index (χ0n) is 14.3. The molecule has 2 aromatic carbocycles. The normalized spacial score (nSPS) is 11.5. The predicted octanol–water partition coefficient (Wildman–Crippen LogP) is 3.37. The van der Waals surface area contributed by atoms with Crippen LogP contribution in [0.1, 0.15) is 25.3 Å². The molecule has 0 atom stereocenters. The van der Waals surface area contributed by atoms with Crippen LogP contribution in [0.15, 0.2) is 47.3 Å². The van der Waals surface area contributed by atoms with E-state index >= 15 is 0 Å². The number of rotatable bonds is 3. The van der Waals surface area contributed by atoms with E-state index in [1.165, 1.54) is 4.52 Å². The fraction of sp³-hybridized carbons (Fsp3) is 0.211. The van der Waals surface area contributed by atoms with Crippen LogP contribution in [0, 0.1) is 0 Å². The average molecular weight is 334 g/mol. The van der Waals surface area contributed by atoms with E-state index in [2.05, 4.69) is 28.9 Å². The van der Waals surface area contributed by atoms with Crippen LogP contribution in [0.4, 0.5) is 0 Å². The van der Waals surface area contributed by atoms with Crippen LogP contribution in [0.25, 0.3) is 27.9 Å². The molecule has 126 valence electrons. The number of methoxy groups -OCH3 is 1. The van der Waals surface area contributed by atoms with E-state index < -0.39 is 0 Å². The lowest BCUT2D eigenvalue weighted by Crippen LogP contribution is -2.18. The van der Waals surface area contributed by atoms with Gasteiger partial charge in [-0.3, -0.25) is 0 Å². The molecule has 6 heteroatoms. The van der Waals surface area contributed by atoms with E-state index in [1.807, 2.05) is 42.5 Å². The van der Waals surface area contributed by atoms with Crippen LogP contribution >= 0.6 is 0 Å². The smallest absolute Gasteiger partial charge is 0.348 e. The summed E-state index contributed by atoms with van der Waals surface area (Å²) >= 11 is 0. The summed E-state index contributed by atoms with van der Waals surface area (Å²) in [4.78, 5) is 20.1. The van der Waals surface area contributed by atoms with Gasteiger partial charge in [-0.25, -0.2) is 9.78 Å². The molecule has 0 aliphatic carbocycles. The molecule has 6 nitrogen and oxygen atoms in total. The van der Waals surface area contributed by atoms with Crippen molar-refractivity contribution in [3.8, 4) is 17.1 Å². The van der Waals surface area contributed by atoms with Gasteiger partial charge in [-0.1, -0.05) is 26.0 Å². The molecular formula is C19H18N4O2. The van der Waals surface area contributed by atoms with Gasteiger partial charge in [0.1, 0.15) is 5.75 Å². The molecule has 0 bridgehead atoms. The minimum Gasteiger partial charge on any atom is -0.497 e. The summed E-state index contributed by atoms with van der Waals surface area (Å²) in [7, 11) is 1.62. The summed E-state index contributed by atoms with van der Waals surface area (Å²) in [5.41, 5.74) is 3.02. The van der Waals surface area contributed by atoms with E-state index in [0.29, 0.717) is 17.4 Å². The number of nitrogens with one attached hydrogen (secondary N) is 1. The van der Waals surface area contributed by atoms with Gasteiger partial charge in [0.05, 0.1) is 12.6 Å². The Kier molecular flexibility index (Phi) is 3.53. The zero-order chi connectivity index (χ0) is 17.6. The molecule has 0 radical (unpaired) electrons. The maximum atomic E-state index is 12.5. The van der Waals surface area contributed by atoms with Crippen molar-refractivity contribution in [3.05, 3.63) is 58.5 Å².